The fourth-order valence-electron chi connectivity index (χ4n) is 1.43. The first kappa shape index (κ1) is 11.9. The van der Waals surface area contributed by atoms with E-state index in [4.69, 9.17) is 5.73 Å². The fourth-order valence-corrected chi connectivity index (χ4v) is 2.23. The van der Waals surface area contributed by atoms with Crippen molar-refractivity contribution in [2.45, 2.75) is 6.42 Å². The maximum absolute atomic E-state index is 13.0. The summed E-state index contributed by atoms with van der Waals surface area (Å²) < 4.78 is 13.0. The number of rotatable bonds is 4. The molecule has 0 spiro atoms. The highest BCUT2D eigenvalue weighted by Gasteiger charge is 2.13. The Kier molecular flexibility index (Phi) is 3.61. The lowest BCUT2D eigenvalue weighted by Gasteiger charge is -1.97. The van der Waals surface area contributed by atoms with Gasteiger partial charge in [0, 0.05) is 17.4 Å². The Morgan fingerprint density at radius 1 is 1.47 bits per heavy atom. The highest BCUT2D eigenvalue weighted by Crippen LogP contribution is 2.15. The molecule has 3 nitrogen and oxygen atoms in total. The van der Waals surface area contributed by atoms with Gasteiger partial charge in [0.25, 0.3) is 0 Å². The van der Waals surface area contributed by atoms with E-state index in [1.54, 1.807) is 11.4 Å². The maximum Gasteiger partial charge on any atom is 0.212 e. The van der Waals surface area contributed by atoms with Gasteiger partial charge in [-0.15, -0.1) is 11.3 Å². The van der Waals surface area contributed by atoms with Crippen LogP contribution in [0.1, 0.15) is 21.1 Å². The number of aromatic nitrogens is 1. The lowest BCUT2D eigenvalue weighted by Crippen LogP contribution is -2.05. The molecule has 88 valence electrons. The van der Waals surface area contributed by atoms with E-state index in [9.17, 15) is 9.18 Å². The summed E-state index contributed by atoms with van der Waals surface area (Å²) in [6.07, 6.45) is 0.654. The summed E-state index contributed by atoms with van der Waals surface area (Å²) >= 11 is 1.40. The monoisotopic (exact) mass is 250 g/mol. The molecule has 0 bridgehead atoms. The summed E-state index contributed by atoms with van der Waals surface area (Å²) in [5.74, 6) is -0.683. The summed E-state index contributed by atoms with van der Waals surface area (Å²) in [5, 5.41) is 2.50. The van der Waals surface area contributed by atoms with Crippen molar-refractivity contribution >= 4 is 17.1 Å². The Labute approximate surface area is 102 Å². The van der Waals surface area contributed by atoms with E-state index in [0.717, 1.165) is 5.01 Å². The third-order valence-corrected chi connectivity index (χ3v) is 3.14. The number of ketones is 1. The van der Waals surface area contributed by atoms with Crippen LogP contribution in [0.15, 0.2) is 29.6 Å². The molecule has 0 atom stereocenters. The molecule has 1 aromatic carbocycles. The largest absolute Gasteiger partial charge is 0.330 e. The van der Waals surface area contributed by atoms with E-state index >= 15 is 0 Å². The Morgan fingerprint density at radius 2 is 2.29 bits per heavy atom. The zero-order valence-electron chi connectivity index (χ0n) is 9.02. The van der Waals surface area contributed by atoms with E-state index in [0.29, 0.717) is 24.2 Å². The highest BCUT2D eigenvalue weighted by molar-refractivity contribution is 7.09. The van der Waals surface area contributed by atoms with E-state index in [1.165, 1.54) is 29.5 Å². The third-order valence-electron chi connectivity index (χ3n) is 2.23. The molecule has 2 rings (SSSR count). The van der Waals surface area contributed by atoms with Crippen molar-refractivity contribution in [3.63, 3.8) is 0 Å². The minimum Gasteiger partial charge on any atom is -0.330 e. The number of nitrogens with two attached hydrogens (primary N) is 1. The molecule has 1 heterocycles. The topological polar surface area (TPSA) is 56.0 Å². The second kappa shape index (κ2) is 5.16. The minimum absolute atomic E-state index is 0.260. The van der Waals surface area contributed by atoms with Crippen LogP contribution in [0, 0.1) is 5.82 Å². The molecule has 5 heteroatoms. The number of hydrogen-bond acceptors (Lipinski definition) is 4. The molecule has 0 saturated heterocycles. The van der Waals surface area contributed by atoms with Gasteiger partial charge in [0.1, 0.15) is 11.5 Å². The Balaban J connectivity index is 2.24. The van der Waals surface area contributed by atoms with Crippen molar-refractivity contribution in [2.75, 3.05) is 6.54 Å². The van der Waals surface area contributed by atoms with Gasteiger partial charge in [0.05, 0.1) is 5.01 Å². The quantitative estimate of drug-likeness (QED) is 0.844. The molecule has 0 unspecified atom stereocenters. The predicted octanol–water partition coefficient (Wildman–Crippen LogP) is 2.01. The molecule has 2 N–H and O–H groups in total. The van der Waals surface area contributed by atoms with Crippen LogP contribution < -0.4 is 5.73 Å². The van der Waals surface area contributed by atoms with E-state index in [-0.39, 0.29) is 5.78 Å². The van der Waals surface area contributed by atoms with Gasteiger partial charge in [-0.05, 0) is 18.7 Å². The number of carbonyl (C=O) groups excluding carboxylic acids is 1. The van der Waals surface area contributed by atoms with Gasteiger partial charge in [-0.2, -0.15) is 0 Å². The van der Waals surface area contributed by atoms with Crippen molar-refractivity contribution in [3.05, 3.63) is 51.7 Å². The Morgan fingerprint density at radius 3 is 3.00 bits per heavy atom. The van der Waals surface area contributed by atoms with Gasteiger partial charge < -0.3 is 5.73 Å². The number of nitrogens with zero attached hydrogens (tertiary/aromatic N) is 1. The number of halogens is 1. The molecule has 0 aliphatic heterocycles. The van der Waals surface area contributed by atoms with Crippen molar-refractivity contribution < 1.29 is 9.18 Å². The molecular weight excluding hydrogens is 239 g/mol. The molecule has 0 aliphatic rings. The maximum atomic E-state index is 13.0. The molecule has 1 aromatic heterocycles. The molecule has 0 aliphatic carbocycles. The lowest BCUT2D eigenvalue weighted by atomic mass is 10.1. The van der Waals surface area contributed by atoms with Crippen molar-refractivity contribution in [2.24, 2.45) is 5.73 Å². The van der Waals surface area contributed by atoms with Crippen LogP contribution in [-0.2, 0) is 6.42 Å². The Bertz CT molecular complexity index is 539. The van der Waals surface area contributed by atoms with Crippen LogP contribution in [0.25, 0.3) is 0 Å². The van der Waals surface area contributed by atoms with Crippen LogP contribution in [0.2, 0.25) is 0 Å². The normalized spacial score (nSPS) is 10.5. The van der Waals surface area contributed by atoms with Gasteiger partial charge in [-0.25, -0.2) is 9.37 Å². The molecule has 2 aromatic rings. The zero-order valence-corrected chi connectivity index (χ0v) is 9.84. The second-order valence-corrected chi connectivity index (χ2v) is 4.45. The van der Waals surface area contributed by atoms with Crippen molar-refractivity contribution in [1.82, 2.24) is 4.98 Å². The first-order chi connectivity index (χ1) is 8.20. The summed E-state index contributed by atoms with van der Waals surface area (Å²) in [6, 6.07) is 5.60. The average Bonchev–Trinajstić information content (AvgIpc) is 2.77. The van der Waals surface area contributed by atoms with Crippen LogP contribution in [0.5, 0.6) is 0 Å². The van der Waals surface area contributed by atoms with Gasteiger partial charge in [-0.1, -0.05) is 12.1 Å². The second-order valence-electron chi connectivity index (χ2n) is 3.50. The highest BCUT2D eigenvalue weighted by atomic mass is 32.1. The predicted molar refractivity (Wildman–Crippen MR) is 64.7 cm³/mol. The van der Waals surface area contributed by atoms with Crippen molar-refractivity contribution in [1.29, 1.82) is 0 Å². The minimum atomic E-state index is -0.423. The number of benzene rings is 1. The first-order valence-corrected chi connectivity index (χ1v) is 6.03. The number of thiazole rings is 1. The molecule has 0 saturated carbocycles. The lowest BCUT2D eigenvalue weighted by molar-refractivity contribution is 0.103. The molecule has 0 amide bonds. The van der Waals surface area contributed by atoms with E-state index in [2.05, 4.69) is 4.98 Å². The van der Waals surface area contributed by atoms with Crippen LogP contribution >= 0.6 is 11.3 Å². The standard InChI is InChI=1S/C12H11FN2OS/c13-9-3-1-2-8(6-9)12(16)10-7-17-11(15-10)4-5-14/h1-3,6-7H,4-5,14H2. The molecule has 17 heavy (non-hydrogen) atoms. The van der Waals surface area contributed by atoms with Crippen LogP contribution in [0.4, 0.5) is 4.39 Å². The van der Waals surface area contributed by atoms with Gasteiger partial charge in [0.2, 0.25) is 5.78 Å². The third kappa shape index (κ3) is 2.75. The first-order valence-electron chi connectivity index (χ1n) is 5.15. The zero-order chi connectivity index (χ0) is 12.3. The summed E-state index contributed by atoms with van der Waals surface area (Å²) in [6.45, 7) is 0.501. The smallest absolute Gasteiger partial charge is 0.212 e. The van der Waals surface area contributed by atoms with Crippen LogP contribution in [0.3, 0.4) is 0 Å². The number of hydrogen-bond donors (Lipinski definition) is 1. The molecule has 0 fully saturated rings. The molecule has 0 radical (unpaired) electrons. The fraction of sp³-hybridized carbons (Fsp3) is 0.167. The van der Waals surface area contributed by atoms with E-state index < -0.39 is 5.82 Å². The summed E-state index contributed by atoms with van der Waals surface area (Å²) in [7, 11) is 0. The Hall–Kier alpha value is -1.59. The van der Waals surface area contributed by atoms with Gasteiger partial charge in [0.15, 0.2) is 0 Å². The van der Waals surface area contributed by atoms with Crippen LogP contribution in [-0.4, -0.2) is 17.3 Å². The SMILES string of the molecule is NCCc1nc(C(=O)c2cccc(F)c2)cs1. The summed E-state index contributed by atoms with van der Waals surface area (Å²) in [5.41, 5.74) is 6.07. The average molecular weight is 250 g/mol. The van der Waals surface area contributed by atoms with Crippen molar-refractivity contribution in [3.8, 4) is 0 Å². The van der Waals surface area contributed by atoms with E-state index in [1.807, 2.05) is 0 Å². The van der Waals surface area contributed by atoms with Gasteiger partial charge in [-0.3, -0.25) is 4.79 Å². The van der Waals surface area contributed by atoms with Gasteiger partial charge >= 0.3 is 0 Å². The summed E-state index contributed by atoms with van der Waals surface area (Å²) in [4.78, 5) is 16.1. The number of carbonyl (C=O) groups is 1. The molecular formula is C12H11FN2OS.